The third kappa shape index (κ3) is 2.77. The van der Waals surface area contributed by atoms with Crippen molar-refractivity contribution in [3.63, 3.8) is 0 Å². The Balaban J connectivity index is 2.14. The SMILES string of the molecule is CCCCOc1ccc(C(C)C)cc2cc3sccc3c1-2. The van der Waals surface area contributed by atoms with E-state index in [1.807, 2.05) is 0 Å². The van der Waals surface area contributed by atoms with Gasteiger partial charge in [0, 0.05) is 15.6 Å². The first-order valence-electron chi connectivity index (χ1n) is 7.77. The normalized spacial score (nSPS) is 11.6. The van der Waals surface area contributed by atoms with Crippen LogP contribution in [0.25, 0.3) is 21.2 Å². The van der Waals surface area contributed by atoms with Crippen molar-refractivity contribution in [1.82, 2.24) is 0 Å². The van der Waals surface area contributed by atoms with Gasteiger partial charge in [0.15, 0.2) is 0 Å². The smallest absolute Gasteiger partial charge is 0.127 e. The molecule has 0 aromatic carbocycles. The van der Waals surface area contributed by atoms with Crippen molar-refractivity contribution in [2.24, 2.45) is 0 Å². The lowest BCUT2D eigenvalue weighted by atomic mass is 10.0. The van der Waals surface area contributed by atoms with Crippen LogP contribution in [0.2, 0.25) is 0 Å². The maximum absolute atomic E-state index is 6.09. The van der Waals surface area contributed by atoms with Gasteiger partial charge in [0.25, 0.3) is 0 Å². The minimum atomic E-state index is 0.525. The van der Waals surface area contributed by atoms with Crippen molar-refractivity contribution in [3.8, 4) is 16.9 Å². The van der Waals surface area contributed by atoms with E-state index < -0.39 is 0 Å². The van der Waals surface area contributed by atoms with Gasteiger partial charge in [-0.2, -0.15) is 0 Å². The molecule has 2 heteroatoms. The molecular weight excluding hydrogens is 276 g/mol. The highest BCUT2D eigenvalue weighted by Gasteiger charge is 2.16. The predicted octanol–water partition coefficient (Wildman–Crippen LogP) is 6.31. The quantitative estimate of drug-likeness (QED) is 0.502. The Kier molecular flexibility index (Phi) is 4.16. The molecule has 0 atom stereocenters. The van der Waals surface area contributed by atoms with Crippen LogP contribution < -0.4 is 4.74 Å². The van der Waals surface area contributed by atoms with Gasteiger partial charge in [-0.05, 0) is 47.0 Å². The monoisotopic (exact) mass is 298 g/mol. The van der Waals surface area contributed by atoms with E-state index in [0.717, 1.165) is 25.2 Å². The van der Waals surface area contributed by atoms with E-state index in [0.29, 0.717) is 5.92 Å². The maximum atomic E-state index is 6.09. The Labute approximate surface area is 130 Å². The molecule has 0 aliphatic heterocycles. The molecule has 1 nitrogen and oxygen atoms in total. The summed E-state index contributed by atoms with van der Waals surface area (Å²) in [4.78, 5) is 0. The van der Waals surface area contributed by atoms with E-state index in [2.05, 4.69) is 56.5 Å². The molecule has 3 rings (SSSR count). The fourth-order valence-corrected chi connectivity index (χ4v) is 3.53. The van der Waals surface area contributed by atoms with Crippen molar-refractivity contribution in [3.05, 3.63) is 41.3 Å². The van der Waals surface area contributed by atoms with Gasteiger partial charge in [-0.3, -0.25) is 0 Å². The van der Waals surface area contributed by atoms with Crippen LogP contribution >= 0.6 is 11.3 Å². The summed E-state index contributed by atoms with van der Waals surface area (Å²) in [6, 6.07) is 11.2. The summed E-state index contributed by atoms with van der Waals surface area (Å²) >= 11 is 1.81. The third-order valence-corrected chi connectivity index (χ3v) is 4.82. The highest BCUT2D eigenvalue weighted by atomic mass is 32.1. The minimum Gasteiger partial charge on any atom is -0.493 e. The van der Waals surface area contributed by atoms with Crippen LogP contribution in [0.3, 0.4) is 0 Å². The Bertz CT molecular complexity index is 711. The highest BCUT2D eigenvalue weighted by Crippen LogP contribution is 2.43. The van der Waals surface area contributed by atoms with E-state index in [1.54, 1.807) is 11.3 Å². The average molecular weight is 298 g/mol. The van der Waals surface area contributed by atoms with Crippen LogP contribution in [0.1, 0.15) is 45.1 Å². The molecule has 1 aromatic rings. The summed E-state index contributed by atoms with van der Waals surface area (Å²) in [7, 11) is 0. The largest absolute Gasteiger partial charge is 0.493 e. The minimum absolute atomic E-state index is 0.525. The number of fused-ring (bicyclic) bond motifs is 3. The van der Waals surface area contributed by atoms with Gasteiger partial charge in [0.1, 0.15) is 5.75 Å². The fraction of sp³-hybridized carbons (Fsp3) is 0.368. The summed E-state index contributed by atoms with van der Waals surface area (Å²) < 4.78 is 7.45. The molecule has 1 heterocycles. The lowest BCUT2D eigenvalue weighted by Gasteiger charge is -2.07. The van der Waals surface area contributed by atoms with Crippen LogP contribution in [-0.2, 0) is 0 Å². The highest BCUT2D eigenvalue weighted by molar-refractivity contribution is 7.17. The molecule has 1 aromatic heterocycles. The van der Waals surface area contributed by atoms with Gasteiger partial charge < -0.3 is 4.74 Å². The molecule has 0 amide bonds. The molecule has 2 aliphatic carbocycles. The first-order valence-corrected chi connectivity index (χ1v) is 8.65. The lowest BCUT2D eigenvalue weighted by Crippen LogP contribution is -1.96. The van der Waals surface area contributed by atoms with Crippen molar-refractivity contribution >= 4 is 21.4 Å². The Hall–Kier alpha value is -1.54. The zero-order chi connectivity index (χ0) is 14.8. The van der Waals surface area contributed by atoms with E-state index in [1.165, 1.54) is 26.8 Å². The van der Waals surface area contributed by atoms with Gasteiger partial charge in [-0.25, -0.2) is 0 Å². The topological polar surface area (TPSA) is 9.23 Å². The summed E-state index contributed by atoms with van der Waals surface area (Å²) in [5.41, 5.74) is 3.94. The predicted molar refractivity (Wildman–Crippen MR) is 92.9 cm³/mol. The molecule has 21 heavy (non-hydrogen) atoms. The Morgan fingerprint density at radius 1 is 1.14 bits per heavy atom. The number of hydrogen-bond acceptors (Lipinski definition) is 2. The summed E-state index contributed by atoms with van der Waals surface area (Å²) in [6.45, 7) is 7.47. The third-order valence-electron chi connectivity index (χ3n) is 3.96. The first-order chi connectivity index (χ1) is 10.2. The first kappa shape index (κ1) is 14.4. The fourth-order valence-electron chi connectivity index (χ4n) is 2.69. The number of ether oxygens (including phenoxy) is 1. The standard InChI is InChI=1S/C19H22OS/c1-4-5-9-20-17-7-6-14(13(2)3)11-15-12-18-16(19(15)17)8-10-21-18/h6-8,10-13H,4-5,9H2,1-3H3. The molecule has 0 saturated heterocycles. The van der Waals surface area contributed by atoms with Gasteiger partial charge in [-0.1, -0.05) is 39.3 Å². The maximum Gasteiger partial charge on any atom is 0.127 e. The van der Waals surface area contributed by atoms with Gasteiger partial charge >= 0.3 is 0 Å². The van der Waals surface area contributed by atoms with Crippen molar-refractivity contribution in [2.75, 3.05) is 6.61 Å². The van der Waals surface area contributed by atoms with Gasteiger partial charge in [-0.15, -0.1) is 11.3 Å². The summed E-state index contributed by atoms with van der Waals surface area (Å²) in [5, 5.41) is 3.49. The van der Waals surface area contributed by atoms with Crippen LogP contribution in [0.15, 0.2) is 35.7 Å². The molecule has 0 saturated carbocycles. The van der Waals surface area contributed by atoms with Crippen LogP contribution in [0.4, 0.5) is 0 Å². The number of rotatable bonds is 5. The molecule has 0 bridgehead atoms. The molecule has 0 fully saturated rings. The zero-order valence-electron chi connectivity index (χ0n) is 13.0. The molecular formula is C19H22OS. The summed E-state index contributed by atoms with van der Waals surface area (Å²) in [5.74, 6) is 1.55. The molecule has 110 valence electrons. The Morgan fingerprint density at radius 3 is 2.76 bits per heavy atom. The molecule has 0 N–H and O–H groups in total. The second kappa shape index (κ2) is 6.07. The number of hydrogen-bond donors (Lipinski definition) is 0. The van der Waals surface area contributed by atoms with Crippen LogP contribution in [0, 0.1) is 0 Å². The van der Waals surface area contributed by atoms with Crippen LogP contribution in [-0.4, -0.2) is 6.61 Å². The Morgan fingerprint density at radius 2 is 2.00 bits per heavy atom. The van der Waals surface area contributed by atoms with Gasteiger partial charge in [0.05, 0.1) is 6.61 Å². The average Bonchev–Trinajstić information content (AvgIpc) is 2.97. The van der Waals surface area contributed by atoms with Gasteiger partial charge in [0.2, 0.25) is 0 Å². The van der Waals surface area contributed by atoms with E-state index in [9.17, 15) is 0 Å². The molecule has 0 radical (unpaired) electrons. The van der Waals surface area contributed by atoms with Crippen LogP contribution in [0.5, 0.6) is 5.75 Å². The lowest BCUT2D eigenvalue weighted by molar-refractivity contribution is 0.311. The summed E-state index contributed by atoms with van der Waals surface area (Å²) in [6.07, 6.45) is 2.26. The second-order valence-corrected chi connectivity index (χ2v) is 6.82. The molecule has 0 spiro atoms. The number of thiophene rings is 1. The zero-order valence-corrected chi connectivity index (χ0v) is 13.8. The van der Waals surface area contributed by atoms with Crippen molar-refractivity contribution in [1.29, 1.82) is 0 Å². The van der Waals surface area contributed by atoms with E-state index in [4.69, 9.17) is 4.74 Å². The van der Waals surface area contributed by atoms with E-state index >= 15 is 0 Å². The van der Waals surface area contributed by atoms with Crippen molar-refractivity contribution in [2.45, 2.75) is 39.5 Å². The second-order valence-electron chi connectivity index (χ2n) is 5.87. The molecule has 2 aliphatic rings. The van der Waals surface area contributed by atoms with E-state index in [-0.39, 0.29) is 0 Å². The molecule has 0 unspecified atom stereocenters. The van der Waals surface area contributed by atoms with Crippen molar-refractivity contribution < 1.29 is 4.74 Å². The number of unbranched alkanes of at least 4 members (excludes halogenated alkanes) is 1.